The van der Waals surface area contributed by atoms with Crippen molar-refractivity contribution < 1.29 is 0 Å². The van der Waals surface area contributed by atoms with Gasteiger partial charge in [0.05, 0.1) is 5.69 Å². The van der Waals surface area contributed by atoms with Gasteiger partial charge in [-0.15, -0.1) is 0 Å². The molecular formula is C62H39N. The molecule has 0 aliphatic rings. The Balaban J connectivity index is 1.21. The fraction of sp³-hybridized carbons (Fsp3) is 0.0323. The maximum atomic E-state index is 2.46. The van der Waals surface area contributed by atoms with Gasteiger partial charge in [0, 0.05) is 16.8 Å². The van der Waals surface area contributed by atoms with Crippen molar-refractivity contribution in [1.82, 2.24) is 0 Å². The maximum absolute atomic E-state index is 2.46. The molecule has 292 valence electrons. The molecule has 0 bridgehead atoms. The van der Waals surface area contributed by atoms with Crippen LogP contribution in [0.4, 0.5) is 17.1 Å². The summed E-state index contributed by atoms with van der Waals surface area (Å²) in [6.07, 6.45) is 0. The van der Waals surface area contributed by atoms with E-state index >= 15 is 0 Å². The first-order valence-corrected chi connectivity index (χ1v) is 22.1. The SMILES string of the molecule is Cc1cccc(N(c2cccc(C)c2)c2ccc3c4c(-c5ccccc5)c5c6ccc7c8cccc9cccc(c%10ccc(c5c(-c5ccccc5)c4c4cccc2c43)c6c%107)c98)c1. The topological polar surface area (TPSA) is 3.24 Å². The zero-order valence-electron chi connectivity index (χ0n) is 35.0. The summed E-state index contributed by atoms with van der Waals surface area (Å²) in [4.78, 5) is 2.46. The largest absolute Gasteiger partial charge is 0.310 e. The Morgan fingerprint density at radius 1 is 0.270 bits per heavy atom. The summed E-state index contributed by atoms with van der Waals surface area (Å²) in [6.45, 7) is 4.37. The second-order valence-corrected chi connectivity index (χ2v) is 17.6. The van der Waals surface area contributed by atoms with E-state index in [-0.39, 0.29) is 0 Å². The Kier molecular flexibility index (Phi) is 7.03. The quantitative estimate of drug-likeness (QED) is 0.124. The van der Waals surface area contributed by atoms with Crippen LogP contribution in [-0.2, 0) is 0 Å². The minimum atomic E-state index is 1.15. The Bertz CT molecular complexity index is 3920. The molecule has 0 aliphatic heterocycles. The lowest BCUT2D eigenvalue weighted by atomic mass is 9.87. The fourth-order valence-electron chi connectivity index (χ4n) is 11.7. The molecule has 1 heteroatoms. The Morgan fingerprint density at radius 2 is 0.667 bits per heavy atom. The van der Waals surface area contributed by atoms with E-state index in [2.05, 4.69) is 219 Å². The van der Waals surface area contributed by atoms with Gasteiger partial charge in [-0.1, -0.05) is 170 Å². The first-order chi connectivity index (χ1) is 31.1. The third-order valence-electron chi connectivity index (χ3n) is 14.1. The number of benzene rings is 12. The Labute approximate surface area is 364 Å². The molecule has 0 saturated heterocycles. The van der Waals surface area contributed by atoms with Crippen LogP contribution >= 0.6 is 0 Å². The van der Waals surface area contributed by atoms with Gasteiger partial charge >= 0.3 is 0 Å². The zero-order valence-corrected chi connectivity index (χ0v) is 35.0. The van der Waals surface area contributed by atoms with E-state index in [1.165, 1.54) is 136 Å². The third kappa shape index (κ3) is 4.66. The van der Waals surface area contributed by atoms with Crippen LogP contribution < -0.4 is 4.90 Å². The summed E-state index contributed by atoms with van der Waals surface area (Å²) in [5.41, 5.74) is 11.1. The van der Waals surface area contributed by atoms with Gasteiger partial charge in [0.2, 0.25) is 0 Å². The van der Waals surface area contributed by atoms with E-state index in [1.807, 2.05) is 0 Å². The highest BCUT2D eigenvalue weighted by molar-refractivity contribution is 6.49. The molecule has 1 nitrogen and oxygen atoms in total. The van der Waals surface area contributed by atoms with Gasteiger partial charge in [0.25, 0.3) is 0 Å². The van der Waals surface area contributed by atoms with Gasteiger partial charge in [0.15, 0.2) is 0 Å². The average Bonchev–Trinajstić information content (AvgIpc) is 3.84. The fourth-order valence-corrected chi connectivity index (χ4v) is 11.7. The number of hydrogen-bond donors (Lipinski definition) is 0. The number of nitrogens with zero attached hydrogens (tertiary/aromatic N) is 1. The summed E-state index contributed by atoms with van der Waals surface area (Å²) in [6, 6.07) is 75.4. The molecule has 0 N–H and O–H groups in total. The number of anilines is 3. The molecular weight excluding hydrogens is 759 g/mol. The molecule has 0 saturated carbocycles. The van der Waals surface area contributed by atoms with Crippen LogP contribution in [0, 0.1) is 13.8 Å². The van der Waals surface area contributed by atoms with Crippen LogP contribution in [0.1, 0.15) is 11.1 Å². The lowest BCUT2D eigenvalue weighted by molar-refractivity contribution is 1.27. The van der Waals surface area contributed by atoms with Crippen LogP contribution in [0.25, 0.3) is 119 Å². The third-order valence-corrected chi connectivity index (χ3v) is 14.1. The second kappa shape index (κ2) is 12.8. The zero-order chi connectivity index (χ0) is 41.5. The van der Waals surface area contributed by atoms with Gasteiger partial charge in [0.1, 0.15) is 0 Å². The van der Waals surface area contributed by atoms with Crippen molar-refractivity contribution in [2.75, 3.05) is 4.90 Å². The smallest absolute Gasteiger partial charge is 0.0540 e. The van der Waals surface area contributed by atoms with Gasteiger partial charge in [-0.3, -0.25) is 0 Å². The lowest BCUT2D eigenvalue weighted by Crippen LogP contribution is -2.10. The lowest BCUT2D eigenvalue weighted by Gasteiger charge is -2.27. The van der Waals surface area contributed by atoms with Crippen molar-refractivity contribution in [1.29, 1.82) is 0 Å². The van der Waals surface area contributed by atoms with Gasteiger partial charge in [-0.05, 0) is 169 Å². The van der Waals surface area contributed by atoms with E-state index in [1.54, 1.807) is 0 Å². The first kappa shape index (κ1) is 34.7. The van der Waals surface area contributed by atoms with E-state index in [0.29, 0.717) is 0 Å². The summed E-state index contributed by atoms with van der Waals surface area (Å²) >= 11 is 0. The molecule has 14 aromatic carbocycles. The number of fused-ring (bicyclic) bond motifs is 8. The Hall–Kier alpha value is -8.00. The highest BCUT2D eigenvalue weighted by Crippen LogP contribution is 2.58. The monoisotopic (exact) mass is 797 g/mol. The van der Waals surface area contributed by atoms with Crippen molar-refractivity contribution in [3.63, 3.8) is 0 Å². The van der Waals surface area contributed by atoms with Crippen molar-refractivity contribution in [3.8, 4) is 22.3 Å². The van der Waals surface area contributed by atoms with Crippen molar-refractivity contribution in [2.45, 2.75) is 13.8 Å². The van der Waals surface area contributed by atoms with E-state index in [0.717, 1.165) is 11.4 Å². The summed E-state index contributed by atoms with van der Waals surface area (Å²) < 4.78 is 0. The summed E-state index contributed by atoms with van der Waals surface area (Å²) in [5, 5.41) is 23.8. The van der Waals surface area contributed by atoms with Gasteiger partial charge in [-0.25, -0.2) is 0 Å². The number of hydrogen-bond acceptors (Lipinski definition) is 1. The highest BCUT2D eigenvalue weighted by atomic mass is 15.1. The normalized spacial score (nSPS) is 12.3. The summed E-state index contributed by atoms with van der Waals surface area (Å²) in [7, 11) is 0. The van der Waals surface area contributed by atoms with Crippen molar-refractivity contribution in [2.24, 2.45) is 0 Å². The molecule has 14 rings (SSSR count). The molecule has 0 aromatic heterocycles. The van der Waals surface area contributed by atoms with Crippen molar-refractivity contribution in [3.05, 3.63) is 211 Å². The molecule has 0 aliphatic carbocycles. The van der Waals surface area contributed by atoms with Crippen LogP contribution in [0.15, 0.2) is 200 Å². The van der Waals surface area contributed by atoms with E-state index < -0.39 is 0 Å². The standard InChI is InChI=1S/C62H39N/c1-36-14-9-22-41(34-36)63(42-23-10-15-37(2)35-42)52-33-32-49-56-47(52)26-13-27-48(56)59-54(39-16-5-3-6-17-39)61-50-30-28-45-43-24-11-20-38-21-12-25-44(53(38)43)46-29-31-51(58(50)57(45)46)62(61)55(60(49)59)40-18-7-4-8-19-40/h3-35H,1-2H3. The predicted molar refractivity (Wildman–Crippen MR) is 273 cm³/mol. The van der Waals surface area contributed by atoms with Gasteiger partial charge in [-0.2, -0.15) is 0 Å². The molecule has 14 aromatic rings. The van der Waals surface area contributed by atoms with Crippen LogP contribution in [0.2, 0.25) is 0 Å². The van der Waals surface area contributed by atoms with Crippen LogP contribution in [0.5, 0.6) is 0 Å². The van der Waals surface area contributed by atoms with Gasteiger partial charge < -0.3 is 4.90 Å². The number of rotatable bonds is 5. The van der Waals surface area contributed by atoms with Crippen molar-refractivity contribution >= 4 is 114 Å². The minimum absolute atomic E-state index is 1.15. The minimum Gasteiger partial charge on any atom is -0.310 e. The molecule has 0 amide bonds. The molecule has 0 spiro atoms. The van der Waals surface area contributed by atoms with E-state index in [4.69, 9.17) is 0 Å². The molecule has 0 radical (unpaired) electrons. The van der Waals surface area contributed by atoms with E-state index in [9.17, 15) is 0 Å². The van der Waals surface area contributed by atoms with Crippen LogP contribution in [0.3, 0.4) is 0 Å². The molecule has 0 unspecified atom stereocenters. The highest BCUT2D eigenvalue weighted by Gasteiger charge is 2.29. The maximum Gasteiger partial charge on any atom is 0.0540 e. The Morgan fingerprint density at radius 3 is 1.21 bits per heavy atom. The average molecular weight is 798 g/mol. The first-order valence-electron chi connectivity index (χ1n) is 22.1. The molecule has 0 heterocycles. The summed E-state index contributed by atoms with van der Waals surface area (Å²) in [5.74, 6) is 0. The van der Waals surface area contributed by atoms with Crippen LogP contribution in [-0.4, -0.2) is 0 Å². The number of aryl methyl sites for hydroxylation is 2. The predicted octanol–water partition coefficient (Wildman–Crippen LogP) is 17.8. The molecule has 0 atom stereocenters. The molecule has 0 fully saturated rings. The second-order valence-electron chi connectivity index (χ2n) is 17.6. The molecule has 63 heavy (non-hydrogen) atoms.